The van der Waals surface area contributed by atoms with Crippen LogP contribution < -0.4 is 9.62 Å². The number of carbonyl (C=O) groups excluding carboxylic acids is 1. The zero-order valence-corrected chi connectivity index (χ0v) is 16.5. The van der Waals surface area contributed by atoms with E-state index in [9.17, 15) is 27.5 Å². The van der Waals surface area contributed by atoms with Crippen molar-refractivity contribution in [3.8, 4) is 0 Å². The van der Waals surface area contributed by atoms with E-state index in [1.807, 2.05) is 0 Å². The Bertz CT molecular complexity index is 990. The lowest BCUT2D eigenvalue weighted by molar-refractivity contribution is 0.0697. The van der Waals surface area contributed by atoms with Crippen molar-refractivity contribution in [1.82, 2.24) is 5.32 Å². The monoisotopic (exact) mass is 408 g/mol. The minimum Gasteiger partial charge on any atom is -0.478 e. The predicted molar refractivity (Wildman–Crippen MR) is 104 cm³/mol. The highest BCUT2D eigenvalue weighted by Crippen LogP contribution is 2.23. The van der Waals surface area contributed by atoms with Crippen LogP contribution in [-0.4, -0.2) is 38.2 Å². The van der Waals surface area contributed by atoms with Crippen LogP contribution in [-0.2, 0) is 10.0 Å². The number of rotatable bonds is 7. The van der Waals surface area contributed by atoms with Crippen molar-refractivity contribution >= 4 is 27.6 Å². The number of carboxylic acid groups (broad SMARTS) is 1. The summed E-state index contributed by atoms with van der Waals surface area (Å²) in [4.78, 5) is 24.1. The SMILES string of the molecule is CCN(c1cc(C(=O)O)cc(C(=O)N[C@H](C)c2ccc(F)cc2)c1)S(C)(=O)=O. The summed E-state index contributed by atoms with van der Waals surface area (Å²) in [5, 5.41) is 12.0. The number of nitrogens with zero attached hydrogens (tertiary/aromatic N) is 1. The fourth-order valence-electron chi connectivity index (χ4n) is 2.73. The summed E-state index contributed by atoms with van der Waals surface area (Å²) in [5.41, 5.74) is 0.547. The van der Waals surface area contributed by atoms with Gasteiger partial charge in [0.1, 0.15) is 5.82 Å². The molecule has 2 rings (SSSR count). The second-order valence-corrected chi connectivity index (χ2v) is 8.15. The molecule has 2 N–H and O–H groups in total. The van der Waals surface area contributed by atoms with Gasteiger partial charge in [0, 0.05) is 12.1 Å². The lowest BCUT2D eigenvalue weighted by atomic mass is 10.1. The third-order valence-electron chi connectivity index (χ3n) is 4.12. The molecule has 0 saturated carbocycles. The third-order valence-corrected chi connectivity index (χ3v) is 5.39. The molecule has 0 bridgehead atoms. The summed E-state index contributed by atoms with van der Waals surface area (Å²) in [5.74, 6) is -2.26. The summed E-state index contributed by atoms with van der Waals surface area (Å²) >= 11 is 0. The van der Waals surface area contributed by atoms with Crippen LogP contribution in [0.25, 0.3) is 0 Å². The highest BCUT2D eigenvalue weighted by Gasteiger charge is 2.21. The average Bonchev–Trinajstić information content (AvgIpc) is 2.61. The molecule has 2 aromatic carbocycles. The molecule has 0 spiro atoms. The lowest BCUT2D eigenvalue weighted by Crippen LogP contribution is -2.31. The molecule has 0 aliphatic heterocycles. The molecule has 0 unspecified atom stereocenters. The number of benzene rings is 2. The molecule has 0 saturated heterocycles. The Kier molecular flexibility index (Phi) is 6.40. The smallest absolute Gasteiger partial charge is 0.335 e. The van der Waals surface area contributed by atoms with Gasteiger partial charge in [0.25, 0.3) is 5.91 Å². The Balaban J connectivity index is 2.39. The summed E-state index contributed by atoms with van der Waals surface area (Å²) in [6.07, 6.45) is 1.00. The van der Waals surface area contributed by atoms with Gasteiger partial charge in [-0.2, -0.15) is 0 Å². The Morgan fingerprint density at radius 2 is 1.71 bits per heavy atom. The van der Waals surface area contributed by atoms with Gasteiger partial charge in [-0.25, -0.2) is 17.6 Å². The molecule has 0 fully saturated rings. The number of nitrogens with one attached hydrogen (secondary N) is 1. The van der Waals surface area contributed by atoms with Crippen LogP contribution in [0.15, 0.2) is 42.5 Å². The molecule has 0 radical (unpaired) electrons. The number of anilines is 1. The summed E-state index contributed by atoms with van der Waals surface area (Å²) < 4.78 is 38.0. The Morgan fingerprint density at radius 1 is 1.14 bits per heavy atom. The van der Waals surface area contributed by atoms with E-state index >= 15 is 0 Å². The van der Waals surface area contributed by atoms with Gasteiger partial charge in [-0.05, 0) is 49.7 Å². The third kappa shape index (κ3) is 5.07. The maximum atomic E-state index is 13.1. The minimum absolute atomic E-state index is 0.00552. The molecule has 1 atom stereocenters. The van der Waals surface area contributed by atoms with Gasteiger partial charge in [-0.3, -0.25) is 9.10 Å². The Hall–Kier alpha value is -2.94. The zero-order valence-electron chi connectivity index (χ0n) is 15.6. The van der Waals surface area contributed by atoms with Crippen LogP contribution in [0.3, 0.4) is 0 Å². The molecule has 1 amide bonds. The largest absolute Gasteiger partial charge is 0.478 e. The topological polar surface area (TPSA) is 104 Å². The van der Waals surface area contributed by atoms with Crippen molar-refractivity contribution in [2.24, 2.45) is 0 Å². The minimum atomic E-state index is -3.65. The molecule has 28 heavy (non-hydrogen) atoms. The first-order chi connectivity index (χ1) is 13.0. The number of aromatic carboxylic acids is 1. The molecule has 0 aromatic heterocycles. The average molecular weight is 408 g/mol. The summed E-state index contributed by atoms with van der Waals surface area (Å²) in [6, 6.07) is 8.83. The standard InChI is InChI=1S/C19H21FN2O5S/c1-4-22(28(3,26)27)17-10-14(9-15(11-17)19(24)25)18(23)21-12(2)13-5-7-16(20)8-6-13/h5-12H,4H2,1-3H3,(H,21,23)(H,24,25)/t12-/m1/s1. The maximum Gasteiger partial charge on any atom is 0.335 e. The molecular formula is C19H21FN2O5S. The van der Waals surface area contributed by atoms with Crippen molar-refractivity contribution in [3.05, 3.63) is 65.0 Å². The van der Waals surface area contributed by atoms with E-state index in [0.29, 0.717) is 5.56 Å². The Labute approximate surface area is 162 Å². The second-order valence-electron chi connectivity index (χ2n) is 6.25. The van der Waals surface area contributed by atoms with E-state index in [2.05, 4.69) is 5.32 Å². The Morgan fingerprint density at radius 3 is 2.21 bits per heavy atom. The molecule has 2 aromatic rings. The van der Waals surface area contributed by atoms with Crippen LogP contribution in [0.4, 0.5) is 10.1 Å². The number of amides is 1. The van der Waals surface area contributed by atoms with Gasteiger partial charge >= 0.3 is 5.97 Å². The fourth-order valence-corrected chi connectivity index (χ4v) is 3.69. The highest BCUT2D eigenvalue weighted by molar-refractivity contribution is 7.92. The van der Waals surface area contributed by atoms with Gasteiger partial charge in [-0.1, -0.05) is 12.1 Å². The van der Waals surface area contributed by atoms with Gasteiger partial charge in [0.2, 0.25) is 10.0 Å². The molecular weight excluding hydrogens is 387 g/mol. The number of sulfonamides is 1. The molecule has 0 heterocycles. The predicted octanol–water partition coefficient (Wildman–Crippen LogP) is 2.80. The first kappa shape index (κ1) is 21.4. The van der Waals surface area contributed by atoms with Crippen molar-refractivity contribution in [2.45, 2.75) is 19.9 Å². The molecule has 0 aliphatic carbocycles. The van der Waals surface area contributed by atoms with E-state index in [1.54, 1.807) is 13.8 Å². The van der Waals surface area contributed by atoms with Gasteiger partial charge in [-0.15, -0.1) is 0 Å². The zero-order chi connectivity index (χ0) is 21.1. The van der Waals surface area contributed by atoms with E-state index in [1.165, 1.54) is 42.5 Å². The maximum absolute atomic E-state index is 13.1. The highest BCUT2D eigenvalue weighted by atomic mass is 32.2. The van der Waals surface area contributed by atoms with E-state index in [4.69, 9.17) is 0 Å². The van der Waals surface area contributed by atoms with Crippen LogP contribution in [0, 0.1) is 5.82 Å². The van der Waals surface area contributed by atoms with Crippen LogP contribution >= 0.6 is 0 Å². The first-order valence-corrected chi connectivity index (χ1v) is 10.3. The summed E-state index contributed by atoms with van der Waals surface area (Å²) in [7, 11) is -3.65. The number of hydrogen-bond acceptors (Lipinski definition) is 4. The number of carboxylic acids is 1. The van der Waals surface area contributed by atoms with Gasteiger partial charge in [0.15, 0.2) is 0 Å². The fraction of sp³-hybridized carbons (Fsp3) is 0.263. The van der Waals surface area contributed by atoms with Crippen molar-refractivity contribution in [2.75, 3.05) is 17.1 Å². The van der Waals surface area contributed by atoms with E-state index < -0.39 is 33.8 Å². The van der Waals surface area contributed by atoms with Crippen LogP contribution in [0.2, 0.25) is 0 Å². The lowest BCUT2D eigenvalue weighted by Gasteiger charge is -2.22. The second kappa shape index (κ2) is 8.39. The van der Waals surface area contributed by atoms with Crippen molar-refractivity contribution in [1.29, 1.82) is 0 Å². The number of carbonyl (C=O) groups is 2. The quantitative estimate of drug-likeness (QED) is 0.733. The van der Waals surface area contributed by atoms with Crippen molar-refractivity contribution < 1.29 is 27.5 Å². The van der Waals surface area contributed by atoms with Gasteiger partial charge in [0.05, 0.1) is 23.5 Å². The molecule has 7 nitrogen and oxygen atoms in total. The van der Waals surface area contributed by atoms with E-state index in [0.717, 1.165) is 10.6 Å². The van der Waals surface area contributed by atoms with Crippen molar-refractivity contribution in [3.63, 3.8) is 0 Å². The molecule has 0 aliphatic rings. The van der Waals surface area contributed by atoms with Crippen LogP contribution in [0.1, 0.15) is 46.2 Å². The molecule has 150 valence electrons. The van der Waals surface area contributed by atoms with Crippen LogP contribution in [0.5, 0.6) is 0 Å². The van der Waals surface area contributed by atoms with E-state index in [-0.39, 0.29) is 23.4 Å². The normalized spacial score (nSPS) is 12.3. The molecule has 9 heteroatoms. The first-order valence-electron chi connectivity index (χ1n) is 8.45. The number of hydrogen-bond donors (Lipinski definition) is 2. The summed E-state index contributed by atoms with van der Waals surface area (Å²) in [6.45, 7) is 3.38. The van der Waals surface area contributed by atoms with Gasteiger partial charge < -0.3 is 10.4 Å². The number of halogens is 1.